The van der Waals surface area contributed by atoms with Crippen molar-refractivity contribution in [3.63, 3.8) is 0 Å². The molecule has 0 spiro atoms. The Kier molecular flexibility index (Phi) is 53.2. The Labute approximate surface area is 474 Å². The lowest BCUT2D eigenvalue weighted by atomic mass is 9.99. The SMILES string of the molecule is CCCCCC/C=C/CC/C=C/CC/C=C/C(O)C(COC1OC(CO)C(O)C(O)C1O)NC(=O)C(O)CCCCCCCCCCCCCCCCCC/C=C\CCCCCCCCCCCCCCCCCCCC. The number of unbranched alkanes of at least 4 members (excludes halogenated alkanes) is 40. The highest BCUT2D eigenvalue weighted by Crippen LogP contribution is 2.23. The van der Waals surface area contributed by atoms with Crippen LogP contribution in [0.3, 0.4) is 0 Å². The number of aliphatic hydroxyl groups excluding tert-OH is 6. The van der Waals surface area contributed by atoms with Crippen LogP contribution in [0.2, 0.25) is 0 Å². The fourth-order valence-corrected chi connectivity index (χ4v) is 10.4. The number of hydrogen-bond donors (Lipinski definition) is 7. The third-order valence-electron chi connectivity index (χ3n) is 15.7. The second kappa shape index (κ2) is 56.0. The van der Waals surface area contributed by atoms with Crippen molar-refractivity contribution in [2.24, 2.45) is 0 Å². The Morgan fingerprint density at radius 3 is 1.14 bits per heavy atom. The molecule has 0 aromatic carbocycles. The van der Waals surface area contributed by atoms with Crippen molar-refractivity contribution in [1.82, 2.24) is 5.32 Å². The van der Waals surface area contributed by atoms with Gasteiger partial charge in [-0.25, -0.2) is 0 Å². The van der Waals surface area contributed by atoms with Crippen LogP contribution < -0.4 is 5.32 Å². The minimum Gasteiger partial charge on any atom is -0.394 e. The second-order valence-corrected chi connectivity index (χ2v) is 23.0. The summed E-state index contributed by atoms with van der Waals surface area (Å²) < 4.78 is 11.2. The Balaban J connectivity index is 2.09. The van der Waals surface area contributed by atoms with Crippen LogP contribution in [0.25, 0.3) is 0 Å². The molecule has 1 rings (SSSR count). The molecule has 0 bridgehead atoms. The van der Waals surface area contributed by atoms with Gasteiger partial charge in [0.1, 0.15) is 30.5 Å². The van der Waals surface area contributed by atoms with Crippen LogP contribution in [0.1, 0.15) is 309 Å². The predicted octanol–water partition coefficient (Wildman–Crippen LogP) is 16.2. The molecule has 8 unspecified atom stereocenters. The molecular weight excluding hydrogens is 963 g/mol. The van der Waals surface area contributed by atoms with Crippen LogP contribution in [-0.4, -0.2) is 98.7 Å². The summed E-state index contributed by atoms with van der Waals surface area (Å²) in [6.45, 7) is 3.59. The van der Waals surface area contributed by atoms with Gasteiger partial charge >= 0.3 is 0 Å². The summed E-state index contributed by atoms with van der Waals surface area (Å²) in [5.41, 5.74) is 0. The minimum atomic E-state index is -1.62. The Hall–Kier alpha value is -1.89. The van der Waals surface area contributed by atoms with Gasteiger partial charge in [-0.05, 0) is 70.6 Å². The molecule has 77 heavy (non-hydrogen) atoms. The van der Waals surface area contributed by atoms with Crippen molar-refractivity contribution in [1.29, 1.82) is 0 Å². The first-order valence-corrected chi connectivity index (χ1v) is 33.0. The third-order valence-corrected chi connectivity index (χ3v) is 15.7. The number of hydrogen-bond acceptors (Lipinski definition) is 9. The van der Waals surface area contributed by atoms with Gasteiger partial charge in [0.05, 0.1) is 25.4 Å². The molecule has 452 valence electrons. The van der Waals surface area contributed by atoms with Gasteiger partial charge in [-0.3, -0.25) is 4.79 Å². The van der Waals surface area contributed by atoms with Gasteiger partial charge in [0.2, 0.25) is 5.91 Å². The topological polar surface area (TPSA) is 169 Å². The zero-order valence-corrected chi connectivity index (χ0v) is 50.1. The molecule has 1 aliphatic rings. The average Bonchev–Trinajstić information content (AvgIpc) is 3.44. The van der Waals surface area contributed by atoms with E-state index in [-0.39, 0.29) is 6.61 Å². The fourth-order valence-electron chi connectivity index (χ4n) is 10.4. The summed E-state index contributed by atoms with van der Waals surface area (Å²) in [4.78, 5) is 13.1. The highest BCUT2D eigenvalue weighted by Gasteiger charge is 2.44. The average molecular weight is 1090 g/mol. The monoisotopic (exact) mass is 1090 g/mol. The standard InChI is InChI=1S/C67H125NO9/c1-3-5-7-9-11-13-15-17-19-20-21-22-23-24-25-26-27-28-29-30-31-32-33-34-35-36-37-38-39-40-41-42-44-46-48-50-52-54-56-61(71)66(75)68-59(58-76-67-65(74)64(73)63(72)62(57-69)77-67)60(70)55-53-51-49-47-45-43-18-16-14-12-10-8-6-4-2/h14,16,30-31,45,47,53,55,59-65,67,69-74H,3-13,15,17-29,32-44,46,48-52,54,56-58H2,1-2H3,(H,68,75)/b16-14+,31-30-,47-45+,55-53+. The lowest BCUT2D eigenvalue weighted by Crippen LogP contribution is -2.60. The first-order chi connectivity index (χ1) is 37.8. The molecule has 8 atom stereocenters. The van der Waals surface area contributed by atoms with E-state index in [0.717, 1.165) is 44.9 Å². The zero-order valence-electron chi connectivity index (χ0n) is 50.1. The van der Waals surface area contributed by atoms with Crippen LogP contribution in [0.15, 0.2) is 48.6 Å². The van der Waals surface area contributed by atoms with E-state index in [1.807, 2.05) is 6.08 Å². The van der Waals surface area contributed by atoms with Crippen LogP contribution in [0, 0.1) is 0 Å². The molecular formula is C67H125NO9. The van der Waals surface area contributed by atoms with E-state index in [1.54, 1.807) is 6.08 Å². The number of rotatable bonds is 57. The summed E-state index contributed by atoms with van der Waals surface area (Å²) in [5, 5.41) is 65.0. The molecule has 0 saturated carbocycles. The number of allylic oxidation sites excluding steroid dienone is 7. The maximum Gasteiger partial charge on any atom is 0.249 e. The van der Waals surface area contributed by atoms with E-state index in [4.69, 9.17) is 9.47 Å². The van der Waals surface area contributed by atoms with E-state index in [1.165, 1.54) is 231 Å². The second-order valence-electron chi connectivity index (χ2n) is 23.0. The summed E-state index contributed by atoms with van der Waals surface area (Å²) in [6.07, 6.45) is 65.6. The minimum absolute atomic E-state index is 0.302. The van der Waals surface area contributed by atoms with Gasteiger partial charge in [-0.15, -0.1) is 0 Å². The molecule has 1 saturated heterocycles. The van der Waals surface area contributed by atoms with Crippen LogP contribution >= 0.6 is 0 Å². The smallest absolute Gasteiger partial charge is 0.249 e. The molecule has 0 aromatic rings. The number of carbonyl (C=O) groups excluding carboxylic acids is 1. The predicted molar refractivity (Wildman–Crippen MR) is 324 cm³/mol. The molecule has 7 N–H and O–H groups in total. The quantitative estimate of drug-likeness (QED) is 0.0232. The van der Waals surface area contributed by atoms with Gasteiger partial charge in [0.25, 0.3) is 0 Å². The number of aliphatic hydroxyl groups is 6. The maximum absolute atomic E-state index is 13.1. The van der Waals surface area contributed by atoms with Gasteiger partial charge in [0.15, 0.2) is 6.29 Å². The van der Waals surface area contributed by atoms with E-state index in [2.05, 4.69) is 55.6 Å². The summed E-state index contributed by atoms with van der Waals surface area (Å²) in [5.74, 6) is -0.628. The molecule has 0 aromatic heterocycles. The third kappa shape index (κ3) is 44.5. The van der Waals surface area contributed by atoms with Crippen LogP contribution in [-0.2, 0) is 14.3 Å². The largest absolute Gasteiger partial charge is 0.394 e. The van der Waals surface area contributed by atoms with Crippen LogP contribution in [0.5, 0.6) is 0 Å². The van der Waals surface area contributed by atoms with E-state index >= 15 is 0 Å². The summed E-state index contributed by atoms with van der Waals surface area (Å²) in [6, 6.07) is -1.00. The number of carbonyl (C=O) groups is 1. The Morgan fingerprint density at radius 2 is 0.766 bits per heavy atom. The molecule has 0 radical (unpaired) electrons. The summed E-state index contributed by atoms with van der Waals surface area (Å²) >= 11 is 0. The number of nitrogens with one attached hydrogen (secondary N) is 1. The van der Waals surface area contributed by atoms with E-state index in [9.17, 15) is 35.4 Å². The first-order valence-electron chi connectivity index (χ1n) is 33.0. The lowest BCUT2D eigenvalue weighted by Gasteiger charge is -2.40. The van der Waals surface area contributed by atoms with Crippen molar-refractivity contribution >= 4 is 5.91 Å². The highest BCUT2D eigenvalue weighted by atomic mass is 16.7. The van der Waals surface area contributed by atoms with Crippen molar-refractivity contribution in [2.45, 2.75) is 358 Å². The Bertz CT molecular complexity index is 1370. The first kappa shape index (κ1) is 73.1. The van der Waals surface area contributed by atoms with Gasteiger partial charge < -0.3 is 45.4 Å². The molecule has 10 heteroatoms. The van der Waals surface area contributed by atoms with Gasteiger partial charge in [-0.2, -0.15) is 0 Å². The van der Waals surface area contributed by atoms with Crippen molar-refractivity contribution < 1.29 is 44.9 Å². The zero-order chi connectivity index (χ0) is 55.9. The molecule has 1 heterocycles. The fraction of sp³-hybridized carbons (Fsp3) is 0.866. The maximum atomic E-state index is 13.1. The van der Waals surface area contributed by atoms with Gasteiger partial charge in [0, 0.05) is 0 Å². The van der Waals surface area contributed by atoms with Crippen molar-refractivity contribution in [3.05, 3.63) is 48.6 Å². The molecule has 1 fully saturated rings. The number of ether oxygens (including phenoxy) is 2. The van der Waals surface area contributed by atoms with Crippen LogP contribution in [0.4, 0.5) is 0 Å². The molecule has 1 aliphatic heterocycles. The van der Waals surface area contributed by atoms with Gasteiger partial charge in [-0.1, -0.05) is 287 Å². The number of amides is 1. The molecule has 10 nitrogen and oxygen atoms in total. The molecule has 0 aliphatic carbocycles. The van der Waals surface area contributed by atoms with E-state index < -0.39 is 61.5 Å². The highest BCUT2D eigenvalue weighted by molar-refractivity contribution is 5.80. The van der Waals surface area contributed by atoms with Crippen molar-refractivity contribution in [2.75, 3.05) is 13.2 Å². The molecule has 1 amide bonds. The normalized spacial score (nSPS) is 19.4. The van der Waals surface area contributed by atoms with E-state index in [0.29, 0.717) is 19.3 Å². The lowest BCUT2D eigenvalue weighted by molar-refractivity contribution is -0.302. The van der Waals surface area contributed by atoms with Crippen molar-refractivity contribution in [3.8, 4) is 0 Å². The Morgan fingerprint density at radius 1 is 0.442 bits per heavy atom. The summed E-state index contributed by atoms with van der Waals surface area (Å²) in [7, 11) is 0.